The summed E-state index contributed by atoms with van der Waals surface area (Å²) in [6.45, 7) is 2.34. The van der Waals surface area contributed by atoms with Crippen LogP contribution in [0.25, 0.3) is 6.08 Å². The average Bonchev–Trinajstić information content (AvgIpc) is 2.85. The molecule has 8 heteroatoms. The maximum absolute atomic E-state index is 12.7. The molecule has 26 heavy (non-hydrogen) atoms. The summed E-state index contributed by atoms with van der Waals surface area (Å²) in [6, 6.07) is 11.4. The molecule has 1 aliphatic heterocycles. The van der Waals surface area contributed by atoms with Crippen molar-refractivity contribution in [2.75, 3.05) is 12.0 Å². The lowest BCUT2D eigenvalue weighted by Crippen LogP contribution is -2.33. The molecule has 1 amide bonds. The molecule has 1 fully saturated rings. The molecular formula is C18H13Cl2IN2OS2. The standard InChI is InChI=1S/C18H13Cl2IN2OS2/c1-10-2-4-12(21)8-15(10)22-9-23-17(24)16(26-18(23)25)7-11-3-5-13(19)14(20)6-11/h2-8,22H,9H2,1H3/b16-7+. The van der Waals surface area contributed by atoms with Crippen molar-refractivity contribution in [3.05, 3.63) is 66.0 Å². The maximum Gasteiger partial charge on any atom is 0.267 e. The van der Waals surface area contributed by atoms with Gasteiger partial charge in [-0.25, -0.2) is 0 Å². The maximum atomic E-state index is 12.7. The first-order valence-corrected chi connectivity index (χ1v) is 10.6. The number of aryl methyl sites for hydroxylation is 1. The van der Waals surface area contributed by atoms with Gasteiger partial charge in [-0.15, -0.1) is 0 Å². The van der Waals surface area contributed by atoms with Crippen molar-refractivity contribution in [2.24, 2.45) is 0 Å². The van der Waals surface area contributed by atoms with Crippen molar-refractivity contribution in [3.8, 4) is 0 Å². The third-order valence-electron chi connectivity index (χ3n) is 3.74. The number of thiocarbonyl (C=S) groups is 1. The highest BCUT2D eigenvalue weighted by atomic mass is 127. The zero-order valence-electron chi connectivity index (χ0n) is 13.6. The van der Waals surface area contributed by atoms with Crippen LogP contribution in [0.2, 0.25) is 10.0 Å². The molecule has 1 N–H and O–H groups in total. The van der Waals surface area contributed by atoms with Gasteiger partial charge >= 0.3 is 0 Å². The first kappa shape index (κ1) is 19.9. The van der Waals surface area contributed by atoms with Crippen LogP contribution in [0.1, 0.15) is 11.1 Å². The Bertz CT molecular complexity index is 933. The van der Waals surface area contributed by atoms with E-state index in [2.05, 4.69) is 27.9 Å². The highest BCUT2D eigenvalue weighted by molar-refractivity contribution is 14.1. The van der Waals surface area contributed by atoms with Crippen molar-refractivity contribution >= 4 is 91.8 Å². The second kappa shape index (κ2) is 8.48. The van der Waals surface area contributed by atoms with Crippen molar-refractivity contribution < 1.29 is 4.79 Å². The van der Waals surface area contributed by atoms with Crippen molar-refractivity contribution in [2.45, 2.75) is 6.92 Å². The molecule has 0 aliphatic carbocycles. The van der Waals surface area contributed by atoms with E-state index in [1.54, 1.807) is 23.1 Å². The number of thioether (sulfide) groups is 1. The smallest absolute Gasteiger partial charge is 0.267 e. The Morgan fingerprint density at radius 1 is 1.23 bits per heavy atom. The van der Waals surface area contributed by atoms with Crippen LogP contribution in [-0.4, -0.2) is 21.8 Å². The predicted octanol–water partition coefficient (Wildman–Crippen LogP) is 6.18. The van der Waals surface area contributed by atoms with Gasteiger partial charge in [0.05, 0.1) is 21.6 Å². The van der Waals surface area contributed by atoms with Crippen LogP contribution in [0.5, 0.6) is 0 Å². The lowest BCUT2D eigenvalue weighted by atomic mass is 10.2. The summed E-state index contributed by atoms with van der Waals surface area (Å²) in [5.41, 5.74) is 2.91. The van der Waals surface area contributed by atoms with E-state index >= 15 is 0 Å². The van der Waals surface area contributed by atoms with Crippen LogP contribution in [-0.2, 0) is 4.79 Å². The minimum absolute atomic E-state index is 0.123. The Labute approximate surface area is 185 Å². The molecule has 0 saturated carbocycles. The number of hydrogen-bond donors (Lipinski definition) is 1. The molecule has 2 aromatic carbocycles. The molecule has 3 rings (SSSR count). The zero-order chi connectivity index (χ0) is 18.8. The van der Waals surface area contributed by atoms with Gasteiger partial charge < -0.3 is 5.32 Å². The van der Waals surface area contributed by atoms with Gasteiger partial charge in [-0.05, 0) is 71.0 Å². The Kier molecular flexibility index (Phi) is 6.50. The molecule has 0 radical (unpaired) electrons. The third-order valence-corrected chi connectivity index (χ3v) is 6.53. The topological polar surface area (TPSA) is 32.3 Å². The number of nitrogens with zero attached hydrogens (tertiary/aromatic N) is 1. The number of nitrogens with one attached hydrogen (secondary N) is 1. The number of hydrogen-bond acceptors (Lipinski definition) is 4. The molecular weight excluding hydrogens is 522 g/mol. The molecule has 2 aromatic rings. The molecule has 0 unspecified atom stereocenters. The summed E-state index contributed by atoms with van der Waals surface area (Å²) in [6.07, 6.45) is 1.78. The summed E-state index contributed by atoms with van der Waals surface area (Å²) in [5.74, 6) is -0.123. The van der Waals surface area contributed by atoms with Gasteiger partial charge in [0.25, 0.3) is 5.91 Å². The molecule has 1 heterocycles. The first-order valence-electron chi connectivity index (χ1n) is 7.55. The first-order chi connectivity index (χ1) is 12.3. The Morgan fingerprint density at radius 3 is 2.73 bits per heavy atom. The van der Waals surface area contributed by atoms with E-state index in [0.29, 0.717) is 25.9 Å². The molecule has 1 saturated heterocycles. The highest BCUT2D eigenvalue weighted by Gasteiger charge is 2.31. The fourth-order valence-electron chi connectivity index (χ4n) is 2.34. The van der Waals surface area contributed by atoms with Gasteiger partial charge in [-0.2, -0.15) is 0 Å². The van der Waals surface area contributed by atoms with E-state index in [-0.39, 0.29) is 5.91 Å². The lowest BCUT2D eigenvalue weighted by Gasteiger charge is -2.17. The number of carbonyl (C=O) groups is 1. The van der Waals surface area contributed by atoms with E-state index in [1.165, 1.54) is 11.8 Å². The van der Waals surface area contributed by atoms with Crippen LogP contribution in [0.4, 0.5) is 5.69 Å². The average molecular weight is 535 g/mol. The van der Waals surface area contributed by atoms with Gasteiger partial charge in [0, 0.05) is 9.26 Å². The number of rotatable bonds is 4. The number of anilines is 1. The normalized spacial score (nSPS) is 15.8. The minimum atomic E-state index is -0.123. The van der Waals surface area contributed by atoms with Gasteiger partial charge in [-0.1, -0.05) is 59.3 Å². The van der Waals surface area contributed by atoms with E-state index in [9.17, 15) is 4.79 Å². The van der Waals surface area contributed by atoms with Crippen LogP contribution in [0.15, 0.2) is 41.3 Å². The zero-order valence-corrected chi connectivity index (χ0v) is 18.9. The minimum Gasteiger partial charge on any atom is -0.367 e. The third kappa shape index (κ3) is 4.54. The summed E-state index contributed by atoms with van der Waals surface area (Å²) in [7, 11) is 0. The monoisotopic (exact) mass is 534 g/mol. The number of amides is 1. The summed E-state index contributed by atoms with van der Waals surface area (Å²) in [5, 5.41) is 4.22. The van der Waals surface area contributed by atoms with E-state index in [1.807, 2.05) is 31.2 Å². The van der Waals surface area contributed by atoms with Crippen LogP contribution >= 0.6 is 69.8 Å². The second-order valence-electron chi connectivity index (χ2n) is 5.58. The Balaban J connectivity index is 1.75. The van der Waals surface area contributed by atoms with E-state index < -0.39 is 0 Å². The van der Waals surface area contributed by atoms with Crippen LogP contribution < -0.4 is 5.32 Å². The number of halogens is 3. The highest BCUT2D eigenvalue weighted by Crippen LogP contribution is 2.33. The Morgan fingerprint density at radius 2 is 2.00 bits per heavy atom. The quantitative estimate of drug-likeness (QED) is 0.288. The van der Waals surface area contributed by atoms with Crippen LogP contribution in [0.3, 0.4) is 0 Å². The van der Waals surface area contributed by atoms with Crippen molar-refractivity contribution in [1.82, 2.24) is 4.90 Å². The SMILES string of the molecule is Cc1ccc(I)cc1NCN1C(=O)/C(=C\c2ccc(Cl)c(Cl)c2)SC1=S. The van der Waals surface area contributed by atoms with E-state index in [0.717, 1.165) is 20.4 Å². The molecule has 0 spiro atoms. The summed E-state index contributed by atoms with van der Waals surface area (Å²) in [4.78, 5) is 14.8. The van der Waals surface area contributed by atoms with Crippen LogP contribution in [0, 0.1) is 10.5 Å². The van der Waals surface area contributed by atoms with E-state index in [4.69, 9.17) is 35.4 Å². The molecule has 0 bridgehead atoms. The van der Waals surface area contributed by atoms with Gasteiger partial charge in [0.2, 0.25) is 0 Å². The van der Waals surface area contributed by atoms with Crippen molar-refractivity contribution in [3.63, 3.8) is 0 Å². The van der Waals surface area contributed by atoms with Gasteiger partial charge in [0.1, 0.15) is 4.32 Å². The molecule has 0 aromatic heterocycles. The number of benzene rings is 2. The Hall–Kier alpha value is -0.800. The fraction of sp³-hybridized carbons (Fsp3) is 0.111. The van der Waals surface area contributed by atoms with Gasteiger partial charge in [0.15, 0.2) is 0 Å². The molecule has 1 aliphatic rings. The molecule has 0 atom stereocenters. The molecule has 134 valence electrons. The summed E-state index contributed by atoms with van der Waals surface area (Å²) < 4.78 is 1.65. The second-order valence-corrected chi connectivity index (χ2v) is 9.31. The molecule has 3 nitrogen and oxygen atoms in total. The fourth-order valence-corrected chi connectivity index (χ4v) is 4.39. The number of carbonyl (C=O) groups excluding carboxylic acids is 1. The van der Waals surface area contributed by atoms with Crippen molar-refractivity contribution in [1.29, 1.82) is 0 Å². The van der Waals surface area contributed by atoms with Gasteiger partial charge in [-0.3, -0.25) is 9.69 Å². The summed E-state index contributed by atoms with van der Waals surface area (Å²) >= 11 is 20.9. The lowest BCUT2D eigenvalue weighted by molar-refractivity contribution is -0.121. The predicted molar refractivity (Wildman–Crippen MR) is 124 cm³/mol. The largest absolute Gasteiger partial charge is 0.367 e.